The van der Waals surface area contributed by atoms with Crippen molar-refractivity contribution in [1.29, 1.82) is 0 Å². The third kappa shape index (κ3) is 1.80. The van der Waals surface area contributed by atoms with Crippen molar-refractivity contribution >= 4 is 49.1 Å². The first-order chi connectivity index (χ1) is 6.09. The topological polar surface area (TPSA) is 29.1 Å². The van der Waals surface area contributed by atoms with Crippen molar-refractivity contribution in [3.63, 3.8) is 0 Å². The van der Waals surface area contributed by atoms with Crippen molar-refractivity contribution in [2.24, 2.45) is 0 Å². The normalized spacial score (nSPS) is 21.5. The molecular formula is C8H7Cl2NOTe. The summed E-state index contributed by atoms with van der Waals surface area (Å²) in [5.74, 6) is -0.0649. The average Bonchev–Trinajstić information content (AvgIpc) is 2.02. The molecule has 2 rings (SSSR count). The van der Waals surface area contributed by atoms with Crippen molar-refractivity contribution in [1.82, 2.24) is 0 Å². The Bertz CT molecular complexity index is 367. The molecule has 13 heavy (non-hydrogen) atoms. The zero-order valence-electron chi connectivity index (χ0n) is 6.59. The van der Waals surface area contributed by atoms with Crippen molar-refractivity contribution < 1.29 is 4.79 Å². The van der Waals surface area contributed by atoms with E-state index in [1.165, 1.54) is 0 Å². The molecule has 5 heteroatoms. The van der Waals surface area contributed by atoms with Gasteiger partial charge in [0.05, 0.1) is 0 Å². The molecule has 70 valence electrons. The quantitative estimate of drug-likeness (QED) is 0.721. The fraction of sp³-hybridized carbons (Fsp3) is 0.125. The van der Waals surface area contributed by atoms with Crippen LogP contribution in [-0.4, -0.2) is 21.8 Å². The monoisotopic (exact) mass is 333 g/mol. The van der Waals surface area contributed by atoms with Gasteiger partial charge in [-0.15, -0.1) is 0 Å². The average molecular weight is 332 g/mol. The summed E-state index contributed by atoms with van der Waals surface area (Å²) in [5, 5.41) is 2.76. The molecule has 0 saturated heterocycles. The molecule has 0 radical (unpaired) electrons. The summed E-state index contributed by atoms with van der Waals surface area (Å²) in [7, 11) is 12.4. The molecule has 2 nitrogen and oxygen atoms in total. The van der Waals surface area contributed by atoms with Gasteiger partial charge in [0, 0.05) is 0 Å². The van der Waals surface area contributed by atoms with Crippen molar-refractivity contribution in [2.45, 2.75) is 4.47 Å². The van der Waals surface area contributed by atoms with E-state index in [1.54, 1.807) is 0 Å². The molecule has 0 unspecified atom stereocenters. The summed E-state index contributed by atoms with van der Waals surface area (Å²) >= 11 is -3.08. The van der Waals surface area contributed by atoms with Gasteiger partial charge in [0.25, 0.3) is 0 Å². The fourth-order valence-electron chi connectivity index (χ4n) is 1.26. The SMILES string of the molecule is O=C1C[Te](Cl)(Cl)c2ccccc2N1. The molecule has 0 bridgehead atoms. The molecule has 1 aromatic carbocycles. The molecule has 0 aliphatic carbocycles. The van der Waals surface area contributed by atoms with Gasteiger partial charge in [0.2, 0.25) is 0 Å². The van der Waals surface area contributed by atoms with Crippen LogP contribution < -0.4 is 8.93 Å². The van der Waals surface area contributed by atoms with Crippen LogP contribution in [0.15, 0.2) is 24.3 Å². The van der Waals surface area contributed by atoms with Gasteiger partial charge >= 0.3 is 87.9 Å². The third-order valence-corrected chi connectivity index (χ3v) is 10.1. The number of carbonyl (C=O) groups is 1. The number of benzene rings is 1. The minimum atomic E-state index is -3.08. The summed E-state index contributed by atoms with van der Waals surface area (Å²) in [4.78, 5) is 11.2. The third-order valence-electron chi connectivity index (χ3n) is 1.80. The zero-order valence-corrected chi connectivity index (χ0v) is 10.4. The molecule has 1 heterocycles. The summed E-state index contributed by atoms with van der Waals surface area (Å²) in [6, 6.07) is 7.48. The number of rotatable bonds is 0. The Hall–Kier alpha value is 0.0596. The van der Waals surface area contributed by atoms with E-state index in [4.69, 9.17) is 17.9 Å². The zero-order chi connectivity index (χ0) is 9.47. The second-order valence-corrected chi connectivity index (χ2v) is 16.3. The van der Waals surface area contributed by atoms with Crippen LogP contribution in [-0.2, 0) is 4.79 Å². The number of para-hydroxylation sites is 1. The van der Waals surface area contributed by atoms with E-state index in [9.17, 15) is 4.79 Å². The van der Waals surface area contributed by atoms with Gasteiger partial charge in [-0.25, -0.2) is 0 Å². The number of amides is 1. The first kappa shape index (κ1) is 9.61. The van der Waals surface area contributed by atoms with E-state index in [2.05, 4.69) is 5.32 Å². The molecule has 0 saturated carbocycles. The van der Waals surface area contributed by atoms with Gasteiger partial charge in [-0.3, -0.25) is 0 Å². The Balaban J connectivity index is 2.56. The summed E-state index contributed by atoms with van der Waals surface area (Å²) < 4.78 is 1.25. The standard InChI is InChI=1S/C8H7Cl2NOTe/c9-13(10)5-8(12)11-6-3-1-2-4-7(6)13/h1-4H,5H2,(H,11,12). The van der Waals surface area contributed by atoms with Crippen LogP contribution in [0.25, 0.3) is 0 Å². The predicted molar refractivity (Wildman–Crippen MR) is 57.0 cm³/mol. The number of halogens is 2. The minimum absolute atomic E-state index is 0.0649. The molecule has 0 atom stereocenters. The van der Waals surface area contributed by atoms with Gasteiger partial charge in [-0.1, -0.05) is 0 Å². The Labute approximate surface area is 87.5 Å². The van der Waals surface area contributed by atoms with Crippen LogP contribution in [0, 0.1) is 0 Å². The van der Waals surface area contributed by atoms with E-state index < -0.39 is 15.9 Å². The second-order valence-electron chi connectivity index (χ2n) is 2.76. The van der Waals surface area contributed by atoms with Gasteiger partial charge in [-0.05, 0) is 0 Å². The molecular weight excluding hydrogens is 325 g/mol. The number of anilines is 1. The van der Waals surface area contributed by atoms with Crippen molar-refractivity contribution in [2.75, 3.05) is 5.32 Å². The van der Waals surface area contributed by atoms with Gasteiger partial charge in [0.1, 0.15) is 0 Å². The molecule has 0 aromatic heterocycles. The molecule has 1 aromatic rings. The number of carbonyl (C=O) groups excluding carboxylic acids is 1. The Kier molecular flexibility index (Phi) is 2.46. The first-order valence-corrected chi connectivity index (χ1v) is 12.4. The van der Waals surface area contributed by atoms with E-state index >= 15 is 0 Å². The number of hydrogen-bond acceptors (Lipinski definition) is 1. The van der Waals surface area contributed by atoms with E-state index in [0.29, 0.717) is 4.47 Å². The van der Waals surface area contributed by atoms with Crippen LogP contribution in [0.5, 0.6) is 0 Å². The molecule has 1 aliphatic heterocycles. The molecule has 1 amide bonds. The Morgan fingerprint density at radius 1 is 1.31 bits per heavy atom. The molecule has 1 aliphatic rings. The van der Waals surface area contributed by atoms with E-state index in [1.807, 2.05) is 24.3 Å². The summed E-state index contributed by atoms with van der Waals surface area (Å²) in [6.07, 6.45) is 0. The van der Waals surface area contributed by atoms with Crippen LogP contribution in [0.3, 0.4) is 0 Å². The molecule has 0 spiro atoms. The van der Waals surface area contributed by atoms with Crippen LogP contribution >= 0.6 is 17.9 Å². The first-order valence-electron chi connectivity index (χ1n) is 3.69. The Morgan fingerprint density at radius 3 is 2.77 bits per heavy atom. The van der Waals surface area contributed by atoms with Gasteiger partial charge in [0.15, 0.2) is 0 Å². The summed E-state index contributed by atoms with van der Waals surface area (Å²) in [5.41, 5.74) is 0.782. The van der Waals surface area contributed by atoms with Crippen molar-refractivity contribution in [3.8, 4) is 0 Å². The number of nitrogens with one attached hydrogen (secondary N) is 1. The van der Waals surface area contributed by atoms with Crippen LogP contribution in [0.2, 0.25) is 4.47 Å². The van der Waals surface area contributed by atoms with Crippen LogP contribution in [0.1, 0.15) is 0 Å². The van der Waals surface area contributed by atoms with Gasteiger partial charge < -0.3 is 0 Å². The van der Waals surface area contributed by atoms with E-state index in [-0.39, 0.29) is 5.91 Å². The van der Waals surface area contributed by atoms with Crippen LogP contribution in [0.4, 0.5) is 5.69 Å². The molecule has 1 N–H and O–H groups in total. The molecule has 0 fully saturated rings. The van der Waals surface area contributed by atoms with Crippen molar-refractivity contribution in [3.05, 3.63) is 24.3 Å². The van der Waals surface area contributed by atoms with E-state index in [0.717, 1.165) is 9.30 Å². The maximum atomic E-state index is 11.2. The maximum absolute atomic E-state index is 11.2. The summed E-state index contributed by atoms with van der Waals surface area (Å²) in [6.45, 7) is 0. The fourth-order valence-corrected chi connectivity index (χ4v) is 8.03. The Morgan fingerprint density at radius 2 is 2.00 bits per heavy atom. The van der Waals surface area contributed by atoms with Gasteiger partial charge in [-0.2, -0.15) is 0 Å². The second kappa shape index (κ2) is 3.33. The predicted octanol–water partition coefficient (Wildman–Crippen LogP) is 1.77. The number of hydrogen-bond donors (Lipinski definition) is 1. The number of fused-ring (bicyclic) bond motifs is 1.